The normalized spacial score (nSPS) is 11.9. The van der Waals surface area contributed by atoms with E-state index in [4.69, 9.17) is 16.4 Å². The van der Waals surface area contributed by atoms with Crippen LogP contribution in [0.15, 0.2) is 27.8 Å². The molecule has 0 saturated carbocycles. The number of hydrogen-bond donors (Lipinski definition) is 3. The third-order valence-corrected chi connectivity index (χ3v) is 4.07. The largest absolute Gasteiger partial charge is 0.391 e. The Morgan fingerprint density at radius 2 is 1.96 bits per heavy atom. The number of aliphatic hydroxyl groups is 1. The lowest BCUT2D eigenvalue weighted by Crippen LogP contribution is -2.43. The molecule has 1 amide bonds. The fraction of sp³-hybridized carbons (Fsp3) is 0.353. The van der Waals surface area contributed by atoms with Crippen molar-refractivity contribution in [3.8, 4) is 0 Å². The van der Waals surface area contributed by atoms with Crippen molar-refractivity contribution >= 4 is 29.0 Å². The van der Waals surface area contributed by atoms with Crippen LogP contribution in [0.5, 0.6) is 0 Å². The molecule has 1 aromatic carbocycles. The number of aryl methyl sites for hydroxylation is 1. The summed E-state index contributed by atoms with van der Waals surface area (Å²) in [6.45, 7) is 3.18. The van der Waals surface area contributed by atoms with Crippen molar-refractivity contribution in [1.82, 2.24) is 14.6 Å². The lowest BCUT2D eigenvalue weighted by molar-refractivity contribution is -0.00696. The quantitative estimate of drug-likeness (QED) is 0.623. The minimum Gasteiger partial charge on any atom is -0.391 e. The summed E-state index contributed by atoms with van der Waals surface area (Å²) < 4.78 is 1.94. The first kappa shape index (κ1) is 20.7. The fourth-order valence-electron chi connectivity index (χ4n) is 2.32. The smallest absolute Gasteiger partial charge is 0.332 e. The van der Waals surface area contributed by atoms with Gasteiger partial charge < -0.3 is 10.4 Å². The number of carbonyl (C=O) groups excluding carboxylic acids is 1. The first-order valence-corrected chi connectivity index (χ1v) is 8.44. The highest BCUT2D eigenvalue weighted by molar-refractivity contribution is 6.33. The zero-order valence-electron chi connectivity index (χ0n) is 15.4. The molecule has 27 heavy (non-hydrogen) atoms. The van der Waals surface area contributed by atoms with E-state index in [0.717, 1.165) is 14.7 Å². The van der Waals surface area contributed by atoms with Crippen LogP contribution in [-0.4, -0.2) is 32.9 Å². The molecule has 1 aromatic heterocycles. The molecule has 146 valence electrons. The molecule has 1 atom stereocenters. The van der Waals surface area contributed by atoms with Crippen molar-refractivity contribution in [2.24, 2.45) is 14.1 Å². The first-order valence-electron chi connectivity index (χ1n) is 8.06. The van der Waals surface area contributed by atoms with Crippen LogP contribution in [0.25, 0.3) is 0 Å². The van der Waals surface area contributed by atoms with E-state index in [1.165, 1.54) is 21.0 Å². The van der Waals surface area contributed by atoms with Crippen LogP contribution in [0.4, 0.5) is 11.5 Å². The number of rotatable bonds is 6. The number of anilines is 2. The highest BCUT2D eigenvalue weighted by Crippen LogP contribution is 2.26. The summed E-state index contributed by atoms with van der Waals surface area (Å²) in [6.07, 6.45) is -0.808. The van der Waals surface area contributed by atoms with Crippen molar-refractivity contribution in [3.63, 3.8) is 0 Å². The summed E-state index contributed by atoms with van der Waals surface area (Å²) >= 11 is 6.21. The molecule has 9 nitrogen and oxygen atoms in total. The molecule has 0 fully saturated rings. The Kier molecular flexibility index (Phi) is 6.42. The molecule has 0 spiro atoms. The molecule has 2 aromatic rings. The predicted molar refractivity (Wildman–Crippen MR) is 101 cm³/mol. The molecule has 2 rings (SSSR count). The summed E-state index contributed by atoms with van der Waals surface area (Å²) in [7, 11) is 2.68. The molecular weight excluding hydrogens is 376 g/mol. The number of hydroxylamine groups is 1. The Hall–Kier alpha value is -2.62. The number of nitrogens with one attached hydrogen (secondary N) is 2. The highest BCUT2D eigenvalue weighted by Gasteiger charge is 2.23. The summed E-state index contributed by atoms with van der Waals surface area (Å²) in [5.41, 5.74) is 1.69. The number of benzene rings is 1. The Labute approximate surface area is 160 Å². The van der Waals surface area contributed by atoms with Gasteiger partial charge in [-0.3, -0.25) is 23.6 Å². The molecule has 1 heterocycles. The van der Waals surface area contributed by atoms with E-state index in [0.29, 0.717) is 10.7 Å². The first-order chi connectivity index (χ1) is 12.6. The summed E-state index contributed by atoms with van der Waals surface area (Å²) in [5, 5.41) is 12.4. The van der Waals surface area contributed by atoms with E-state index in [-0.39, 0.29) is 18.0 Å². The van der Waals surface area contributed by atoms with Gasteiger partial charge in [-0.25, -0.2) is 10.3 Å². The second-order valence-corrected chi connectivity index (χ2v) is 6.54. The maximum absolute atomic E-state index is 12.5. The molecule has 3 N–H and O–H groups in total. The molecule has 10 heteroatoms. The lowest BCUT2D eigenvalue weighted by Gasteiger charge is -2.17. The van der Waals surface area contributed by atoms with Gasteiger partial charge in [-0.1, -0.05) is 17.7 Å². The molecule has 0 aliphatic carbocycles. The van der Waals surface area contributed by atoms with Gasteiger partial charge in [0.05, 0.1) is 16.8 Å². The van der Waals surface area contributed by atoms with Crippen molar-refractivity contribution < 1.29 is 14.7 Å². The third-order valence-electron chi connectivity index (χ3n) is 3.76. The molecule has 0 radical (unpaired) electrons. The fourth-order valence-corrected chi connectivity index (χ4v) is 2.61. The van der Waals surface area contributed by atoms with Gasteiger partial charge in [-0.05, 0) is 31.5 Å². The number of aliphatic hydroxyl groups excluding tert-OH is 1. The van der Waals surface area contributed by atoms with E-state index in [2.05, 4.69) is 10.8 Å². The minimum atomic E-state index is -0.863. The summed E-state index contributed by atoms with van der Waals surface area (Å²) in [5.74, 6) is -0.899. The van der Waals surface area contributed by atoms with Gasteiger partial charge in [-0.15, -0.1) is 0 Å². The van der Waals surface area contributed by atoms with Crippen molar-refractivity contribution in [2.75, 3.05) is 11.9 Å². The van der Waals surface area contributed by atoms with Crippen LogP contribution in [-0.2, 0) is 18.9 Å². The van der Waals surface area contributed by atoms with Crippen LogP contribution in [0, 0.1) is 6.92 Å². The van der Waals surface area contributed by atoms with Gasteiger partial charge in [0, 0.05) is 14.1 Å². The lowest BCUT2D eigenvalue weighted by atomic mass is 10.2. The van der Waals surface area contributed by atoms with Crippen LogP contribution < -0.4 is 22.0 Å². The maximum Gasteiger partial charge on any atom is 0.332 e. The SMILES string of the molecule is Cc1ccc(Nc2c(C(=O)NOCC(C)O)c(=O)n(C)c(=O)n2C)c(Cl)c1. The number of halogens is 1. The van der Waals surface area contributed by atoms with Gasteiger partial charge in [0.1, 0.15) is 18.0 Å². The highest BCUT2D eigenvalue weighted by atomic mass is 35.5. The van der Waals surface area contributed by atoms with Crippen molar-refractivity contribution in [3.05, 3.63) is 55.2 Å². The average molecular weight is 397 g/mol. The van der Waals surface area contributed by atoms with E-state index in [1.807, 2.05) is 6.92 Å². The van der Waals surface area contributed by atoms with E-state index >= 15 is 0 Å². The Morgan fingerprint density at radius 1 is 1.30 bits per heavy atom. The third kappa shape index (κ3) is 4.57. The van der Waals surface area contributed by atoms with Gasteiger partial charge in [0.15, 0.2) is 0 Å². The van der Waals surface area contributed by atoms with Gasteiger partial charge in [0.2, 0.25) is 0 Å². The molecule has 0 aliphatic rings. The van der Waals surface area contributed by atoms with Gasteiger partial charge >= 0.3 is 5.69 Å². The standard InChI is InChI=1S/C17H21ClN4O5/c1-9-5-6-12(11(18)7-9)19-14-13(15(24)20-27-8-10(2)23)16(25)22(4)17(26)21(14)3/h5-7,10,19,23H,8H2,1-4H3,(H,20,24). The number of hydrogen-bond acceptors (Lipinski definition) is 6. The van der Waals surface area contributed by atoms with Crippen LogP contribution in [0.2, 0.25) is 5.02 Å². The van der Waals surface area contributed by atoms with Gasteiger partial charge in [0.25, 0.3) is 11.5 Å². The molecule has 0 aliphatic heterocycles. The maximum atomic E-state index is 12.5. The number of amides is 1. The van der Waals surface area contributed by atoms with Crippen molar-refractivity contribution in [2.45, 2.75) is 20.0 Å². The van der Waals surface area contributed by atoms with E-state index in [9.17, 15) is 19.5 Å². The second-order valence-electron chi connectivity index (χ2n) is 6.13. The Bertz CT molecular complexity index is 981. The molecule has 1 unspecified atom stereocenters. The second kappa shape index (κ2) is 8.38. The molecular formula is C17H21ClN4O5. The Morgan fingerprint density at radius 3 is 2.56 bits per heavy atom. The van der Waals surface area contributed by atoms with Crippen molar-refractivity contribution in [1.29, 1.82) is 0 Å². The van der Waals surface area contributed by atoms with Crippen LogP contribution in [0.1, 0.15) is 22.8 Å². The monoisotopic (exact) mass is 396 g/mol. The Balaban J connectivity index is 2.53. The zero-order chi connectivity index (χ0) is 20.3. The van der Waals surface area contributed by atoms with Gasteiger partial charge in [-0.2, -0.15) is 0 Å². The van der Waals surface area contributed by atoms with E-state index < -0.39 is 23.3 Å². The number of aromatic nitrogens is 2. The molecule has 0 bridgehead atoms. The zero-order valence-corrected chi connectivity index (χ0v) is 16.1. The minimum absolute atomic E-state index is 0.0352. The van der Waals surface area contributed by atoms with Crippen LogP contribution in [0.3, 0.4) is 0 Å². The predicted octanol–water partition coefficient (Wildman–Crippen LogP) is 0.832. The number of nitrogens with zero attached hydrogens (tertiary/aromatic N) is 2. The van der Waals surface area contributed by atoms with Crippen LogP contribution >= 0.6 is 11.6 Å². The summed E-state index contributed by atoms with van der Waals surface area (Å²) in [6, 6.07) is 5.17. The number of carbonyl (C=O) groups is 1. The summed E-state index contributed by atoms with van der Waals surface area (Å²) in [4.78, 5) is 42.2. The van der Waals surface area contributed by atoms with E-state index in [1.54, 1.807) is 18.2 Å². The topological polar surface area (TPSA) is 115 Å². The molecule has 0 saturated heterocycles. The average Bonchev–Trinajstić information content (AvgIpc) is 2.59.